The van der Waals surface area contributed by atoms with E-state index in [9.17, 15) is 9.59 Å². The molecule has 0 bridgehead atoms. The Bertz CT molecular complexity index is 616. The van der Waals surface area contributed by atoms with Gasteiger partial charge in [-0.1, -0.05) is 12.1 Å². The molecule has 7 heteroatoms. The molecule has 1 aromatic carbocycles. The van der Waals surface area contributed by atoms with E-state index >= 15 is 0 Å². The van der Waals surface area contributed by atoms with Crippen LogP contribution < -0.4 is 15.4 Å². The first-order valence-corrected chi connectivity index (χ1v) is 8.27. The Balaban J connectivity index is 1.51. The van der Waals surface area contributed by atoms with Gasteiger partial charge in [-0.2, -0.15) is 0 Å². The number of fused-ring (bicyclic) bond motifs is 1. The van der Waals surface area contributed by atoms with Crippen LogP contribution in [0.2, 0.25) is 0 Å². The molecule has 0 unspecified atom stereocenters. The van der Waals surface area contributed by atoms with Crippen LogP contribution in [0.15, 0.2) is 24.3 Å². The van der Waals surface area contributed by atoms with Crippen molar-refractivity contribution in [1.29, 1.82) is 0 Å². The van der Waals surface area contributed by atoms with Crippen LogP contribution in [-0.2, 0) is 14.3 Å². The number of nitrogens with zero attached hydrogens (tertiary/aromatic N) is 1. The fourth-order valence-corrected chi connectivity index (χ4v) is 2.81. The highest BCUT2D eigenvalue weighted by molar-refractivity contribution is 6.15. The van der Waals surface area contributed by atoms with Crippen molar-refractivity contribution in [2.24, 2.45) is 0 Å². The third kappa shape index (κ3) is 3.52. The molecule has 24 heavy (non-hydrogen) atoms. The first kappa shape index (κ1) is 16.7. The lowest BCUT2D eigenvalue weighted by Crippen LogP contribution is -2.58. The Morgan fingerprint density at radius 1 is 1.33 bits per heavy atom. The summed E-state index contributed by atoms with van der Waals surface area (Å²) in [6.45, 7) is 6.27. The lowest BCUT2D eigenvalue weighted by Gasteiger charge is -2.33. The molecule has 130 valence electrons. The molecule has 1 atom stereocenters. The number of rotatable bonds is 5. The maximum absolute atomic E-state index is 12.5. The smallest absolute Gasteiger partial charge is 0.278 e. The van der Waals surface area contributed by atoms with E-state index in [4.69, 9.17) is 9.47 Å². The summed E-state index contributed by atoms with van der Waals surface area (Å²) in [6.07, 6.45) is 0.819. The van der Waals surface area contributed by atoms with Gasteiger partial charge in [-0.15, -0.1) is 0 Å². The number of para-hydroxylation sites is 2. The zero-order valence-corrected chi connectivity index (χ0v) is 13.8. The fourth-order valence-electron chi connectivity index (χ4n) is 2.81. The maximum Gasteiger partial charge on any atom is 0.278 e. The van der Waals surface area contributed by atoms with Gasteiger partial charge in [0.25, 0.3) is 17.4 Å². The Morgan fingerprint density at radius 2 is 2.08 bits per heavy atom. The number of benzene rings is 1. The van der Waals surface area contributed by atoms with E-state index in [0.29, 0.717) is 18.0 Å². The van der Waals surface area contributed by atoms with Crippen LogP contribution in [0.25, 0.3) is 0 Å². The summed E-state index contributed by atoms with van der Waals surface area (Å²) in [5, 5.41) is 5.54. The van der Waals surface area contributed by atoms with Crippen molar-refractivity contribution in [1.82, 2.24) is 10.2 Å². The second-order valence-corrected chi connectivity index (χ2v) is 6.15. The van der Waals surface area contributed by atoms with Gasteiger partial charge in [0.15, 0.2) is 0 Å². The molecule has 2 N–H and O–H groups in total. The summed E-state index contributed by atoms with van der Waals surface area (Å²) in [4.78, 5) is 27.0. The minimum absolute atomic E-state index is 0.420. The van der Waals surface area contributed by atoms with Gasteiger partial charge in [-0.05, 0) is 32.0 Å². The third-order valence-corrected chi connectivity index (χ3v) is 4.36. The number of hydrogen-bond acceptors (Lipinski definition) is 5. The molecule has 0 aliphatic carbocycles. The predicted octanol–water partition coefficient (Wildman–Crippen LogP) is 0.615. The molecule has 0 spiro atoms. The molecule has 1 aromatic rings. The third-order valence-electron chi connectivity index (χ3n) is 4.36. The minimum Gasteiger partial charge on any atom is -0.466 e. The molecule has 0 radical (unpaired) electrons. The Morgan fingerprint density at radius 3 is 2.88 bits per heavy atom. The molecule has 1 fully saturated rings. The van der Waals surface area contributed by atoms with Crippen LogP contribution in [0.3, 0.4) is 0 Å². The molecule has 2 aliphatic rings. The van der Waals surface area contributed by atoms with Crippen LogP contribution in [-0.4, -0.2) is 61.7 Å². The van der Waals surface area contributed by atoms with Crippen molar-refractivity contribution >= 4 is 17.5 Å². The van der Waals surface area contributed by atoms with Crippen LogP contribution in [0.5, 0.6) is 5.75 Å². The van der Waals surface area contributed by atoms with Gasteiger partial charge in [0.05, 0.1) is 18.9 Å². The second kappa shape index (κ2) is 7.19. The highest BCUT2D eigenvalue weighted by Crippen LogP contribution is 2.33. The van der Waals surface area contributed by atoms with E-state index < -0.39 is 17.4 Å². The number of amides is 2. The molecule has 7 nitrogen and oxygen atoms in total. The summed E-state index contributed by atoms with van der Waals surface area (Å²) in [5.74, 6) is -0.369. The zero-order valence-electron chi connectivity index (χ0n) is 13.8. The van der Waals surface area contributed by atoms with E-state index in [1.807, 2.05) is 0 Å². The average molecular weight is 333 g/mol. The van der Waals surface area contributed by atoms with E-state index in [1.54, 1.807) is 24.3 Å². The molecule has 2 aliphatic heterocycles. The first-order chi connectivity index (χ1) is 11.6. The quantitative estimate of drug-likeness (QED) is 0.610. The van der Waals surface area contributed by atoms with Crippen LogP contribution in [0, 0.1) is 0 Å². The lowest BCUT2D eigenvalue weighted by atomic mass is 10.0. The van der Waals surface area contributed by atoms with Crippen molar-refractivity contribution in [3.8, 4) is 5.75 Å². The van der Waals surface area contributed by atoms with Gasteiger partial charge < -0.3 is 20.1 Å². The Labute approximate surface area is 141 Å². The molecule has 0 saturated carbocycles. The Hall–Kier alpha value is -2.12. The van der Waals surface area contributed by atoms with Gasteiger partial charge in [0.2, 0.25) is 0 Å². The minimum atomic E-state index is -1.55. The summed E-state index contributed by atoms with van der Waals surface area (Å²) < 4.78 is 11.0. The fraction of sp³-hybridized carbons (Fsp3) is 0.529. The van der Waals surface area contributed by atoms with Crippen molar-refractivity contribution in [2.45, 2.75) is 18.9 Å². The first-order valence-electron chi connectivity index (χ1n) is 8.27. The number of nitrogens with one attached hydrogen (secondary N) is 2. The van der Waals surface area contributed by atoms with Gasteiger partial charge in [-0.3, -0.25) is 14.5 Å². The topological polar surface area (TPSA) is 79.9 Å². The summed E-state index contributed by atoms with van der Waals surface area (Å²) in [7, 11) is 0. The van der Waals surface area contributed by atoms with Crippen molar-refractivity contribution in [2.75, 3.05) is 44.7 Å². The van der Waals surface area contributed by atoms with E-state index in [2.05, 4.69) is 15.5 Å². The second-order valence-electron chi connectivity index (χ2n) is 6.15. The summed E-state index contributed by atoms with van der Waals surface area (Å²) in [6, 6.07) is 7.08. The number of carbonyl (C=O) groups excluding carboxylic acids is 2. The standard InChI is InChI=1S/C17H23N3O4/c1-17(16(22)19-13-5-2-3-6-14(13)24-17)15(21)18-7-4-8-20-9-11-23-12-10-20/h2-3,5-6H,4,7-12H2,1H3,(H,18,21)(H,19,22)/t17-/m0/s1. The molecule has 1 saturated heterocycles. The van der Waals surface area contributed by atoms with E-state index in [0.717, 1.165) is 39.3 Å². The number of anilines is 1. The molecule has 2 heterocycles. The maximum atomic E-state index is 12.5. The zero-order chi connectivity index (χ0) is 17.0. The van der Waals surface area contributed by atoms with Crippen LogP contribution >= 0.6 is 0 Å². The molecular weight excluding hydrogens is 310 g/mol. The number of hydrogen-bond donors (Lipinski definition) is 2. The van der Waals surface area contributed by atoms with Crippen molar-refractivity contribution < 1.29 is 19.1 Å². The SMILES string of the molecule is C[C@@]1(C(=O)NCCCN2CCOCC2)Oc2ccccc2NC1=O. The van der Waals surface area contributed by atoms with Gasteiger partial charge >= 0.3 is 0 Å². The highest BCUT2D eigenvalue weighted by Gasteiger charge is 2.46. The van der Waals surface area contributed by atoms with Gasteiger partial charge in [-0.25, -0.2) is 0 Å². The normalized spacial score (nSPS) is 23.8. The molecule has 2 amide bonds. The molecule has 3 rings (SSSR count). The van der Waals surface area contributed by atoms with Crippen molar-refractivity contribution in [3.05, 3.63) is 24.3 Å². The molecular formula is C17H23N3O4. The van der Waals surface area contributed by atoms with Crippen molar-refractivity contribution in [3.63, 3.8) is 0 Å². The monoisotopic (exact) mass is 333 g/mol. The highest BCUT2D eigenvalue weighted by atomic mass is 16.5. The van der Waals surface area contributed by atoms with E-state index in [1.165, 1.54) is 6.92 Å². The van der Waals surface area contributed by atoms with E-state index in [-0.39, 0.29) is 0 Å². The summed E-state index contributed by atoms with van der Waals surface area (Å²) >= 11 is 0. The lowest BCUT2D eigenvalue weighted by molar-refractivity contribution is -0.146. The number of carbonyl (C=O) groups is 2. The number of ether oxygens (including phenoxy) is 2. The Kier molecular flexibility index (Phi) is 5.01. The predicted molar refractivity (Wildman–Crippen MR) is 89.0 cm³/mol. The van der Waals surface area contributed by atoms with Gasteiger partial charge in [0, 0.05) is 19.6 Å². The summed E-state index contributed by atoms with van der Waals surface area (Å²) in [5.41, 5.74) is -0.965. The average Bonchev–Trinajstić information content (AvgIpc) is 2.60. The largest absolute Gasteiger partial charge is 0.466 e. The molecule has 0 aromatic heterocycles. The van der Waals surface area contributed by atoms with Crippen LogP contribution in [0.4, 0.5) is 5.69 Å². The van der Waals surface area contributed by atoms with Crippen LogP contribution in [0.1, 0.15) is 13.3 Å². The van der Waals surface area contributed by atoms with Gasteiger partial charge in [0.1, 0.15) is 5.75 Å². The number of morpholine rings is 1.